The summed E-state index contributed by atoms with van der Waals surface area (Å²) in [6.07, 6.45) is 21.9. The minimum atomic E-state index is 0.0224. The molecule has 4 unspecified atom stereocenters. The molecule has 0 saturated heterocycles. The van der Waals surface area contributed by atoms with E-state index in [1.165, 1.54) is 77.0 Å². The van der Waals surface area contributed by atoms with Gasteiger partial charge in [0.15, 0.2) is 0 Å². The van der Waals surface area contributed by atoms with E-state index >= 15 is 0 Å². The van der Waals surface area contributed by atoms with Crippen molar-refractivity contribution in [3.63, 3.8) is 0 Å². The first-order valence-corrected chi connectivity index (χ1v) is 17.6. The molecule has 0 aromatic heterocycles. The second kappa shape index (κ2) is 25.4. The van der Waals surface area contributed by atoms with E-state index in [4.69, 9.17) is 0 Å². The van der Waals surface area contributed by atoms with E-state index in [-0.39, 0.29) is 11.8 Å². The van der Waals surface area contributed by atoms with Crippen LogP contribution in [0.1, 0.15) is 158 Å². The second-order valence-electron chi connectivity index (χ2n) is 12.5. The molecule has 0 N–H and O–H groups in total. The lowest BCUT2D eigenvalue weighted by molar-refractivity contribution is -0.129. The minimum Gasteiger partial charge on any atom is -0.339 e. The molecule has 0 aliphatic heterocycles. The fourth-order valence-electron chi connectivity index (χ4n) is 5.78. The first kappa shape index (κ1) is 38.7. The Morgan fingerprint density at radius 1 is 0.450 bits per heavy atom. The maximum absolute atomic E-state index is 13.6. The third-order valence-electron chi connectivity index (χ3n) is 9.08. The predicted octanol–water partition coefficient (Wildman–Crippen LogP) is 10.1. The maximum atomic E-state index is 13.6. The summed E-state index contributed by atoms with van der Waals surface area (Å²) < 4.78 is 0. The molecule has 0 aliphatic rings. The number of rotatable bonds is 26. The van der Waals surface area contributed by atoms with Crippen LogP contribution in [0.3, 0.4) is 0 Å². The summed E-state index contributed by atoms with van der Waals surface area (Å²) in [7, 11) is 0. The molecule has 0 heterocycles. The summed E-state index contributed by atoms with van der Waals surface area (Å²) >= 11 is 0. The number of unbranched alkanes of at least 4 members (excludes halogenated alkanes) is 4. The highest BCUT2D eigenvalue weighted by molar-refractivity contribution is 5.96. The van der Waals surface area contributed by atoms with Crippen LogP contribution in [0, 0.1) is 23.7 Å². The summed E-state index contributed by atoms with van der Waals surface area (Å²) in [6, 6.07) is 0. The Labute approximate surface area is 251 Å². The van der Waals surface area contributed by atoms with Gasteiger partial charge in [-0.1, -0.05) is 132 Å². The van der Waals surface area contributed by atoms with Gasteiger partial charge in [-0.3, -0.25) is 9.59 Å². The van der Waals surface area contributed by atoms with Crippen LogP contribution in [0.2, 0.25) is 0 Å². The van der Waals surface area contributed by atoms with E-state index in [2.05, 4.69) is 65.2 Å². The number of nitrogens with zero attached hydrogens (tertiary/aromatic N) is 2. The van der Waals surface area contributed by atoms with Crippen molar-refractivity contribution < 1.29 is 9.59 Å². The van der Waals surface area contributed by atoms with Crippen LogP contribution in [-0.4, -0.2) is 47.8 Å². The number of carbonyl (C=O) groups is 2. The first-order chi connectivity index (χ1) is 19.3. The van der Waals surface area contributed by atoms with Gasteiger partial charge in [0.1, 0.15) is 0 Å². The van der Waals surface area contributed by atoms with Crippen LogP contribution < -0.4 is 0 Å². The van der Waals surface area contributed by atoms with Crippen molar-refractivity contribution >= 4 is 11.8 Å². The third-order valence-corrected chi connectivity index (χ3v) is 9.08. The van der Waals surface area contributed by atoms with Gasteiger partial charge in [0.25, 0.3) is 0 Å². The van der Waals surface area contributed by atoms with Gasteiger partial charge in [-0.25, -0.2) is 0 Å². The molecule has 4 atom stereocenters. The maximum Gasteiger partial charge on any atom is 0.246 e. The van der Waals surface area contributed by atoms with Gasteiger partial charge in [-0.05, 0) is 49.4 Å². The zero-order valence-electron chi connectivity index (χ0n) is 28.3. The summed E-state index contributed by atoms with van der Waals surface area (Å²) in [5.41, 5.74) is 0. The van der Waals surface area contributed by atoms with Gasteiger partial charge in [0.2, 0.25) is 11.8 Å². The number of hydrogen-bond donors (Lipinski definition) is 0. The molecule has 0 spiro atoms. The summed E-state index contributed by atoms with van der Waals surface area (Å²) in [5.74, 6) is 2.16. The van der Waals surface area contributed by atoms with Crippen molar-refractivity contribution in [2.24, 2.45) is 23.7 Å². The van der Waals surface area contributed by atoms with Crippen molar-refractivity contribution in [1.82, 2.24) is 9.80 Å². The molecule has 0 bridgehead atoms. The summed E-state index contributed by atoms with van der Waals surface area (Å²) in [4.78, 5) is 31.4. The molecule has 0 aromatic rings. The number of hydrogen-bond acceptors (Lipinski definition) is 2. The van der Waals surface area contributed by atoms with Crippen LogP contribution >= 0.6 is 0 Å². The largest absolute Gasteiger partial charge is 0.339 e. The van der Waals surface area contributed by atoms with Crippen molar-refractivity contribution in [3.8, 4) is 0 Å². The molecule has 0 saturated carbocycles. The Kier molecular flexibility index (Phi) is 24.6. The van der Waals surface area contributed by atoms with Crippen LogP contribution in [0.25, 0.3) is 0 Å². The van der Waals surface area contributed by atoms with E-state index in [1.54, 1.807) is 12.2 Å². The molecule has 236 valence electrons. The molecule has 4 nitrogen and oxygen atoms in total. The fourth-order valence-corrected chi connectivity index (χ4v) is 5.78. The molecule has 0 aliphatic carbocycles. The molecule has 0 aromatic carbocycles. The van der Waals surface area contributed by atoms with Crippen LogP contribution in [0.15, 0.2) is 12.2 Å². The van der Waals surface area contributed by atoms with Gasteiger partial charge < -0.3 is 9.80 Å². The Hall–Kier alpha value is -1.32. The van der Waals surface area contributed by atoms with Gasteiger partial charge in [-0.15, -0.1) is 0 Å². The molecule has 2 amide bonds. The number of amides is 2. The minimum absolute atomic E-state index is 0.0224. The normalized spacial score (nSPS) is 14.7. The predicted molar refractivity (Wildman–Crippen MR) is 176 cm³/mol. The van der Waals surface area contributed by atoms with Crippen molar-refractivity contribution in [3.05, 3.63) is 12.2 Å². The fraction of sp³-hybridized carbons (Fsp3) is 0.889. The lowest BCUT2D eigenvalue weighted by Crippen LogP contribution is -2.39. The molecule has 4 heteroatoms. The number of carbonyl (C=O) groups excluding carboxylic acids is 2. The Bertz CT molecular complexity index is 557. The first-order valence-electron chi connectivity index (χ1n) is 17.6. The van der Waals surface area contributed by atoms with Crippen molar-refractivity contribution in [2.75, 3.05) is 26.2 Å². The molecule has 40 heavy (non-hydrogen) atoms. The highest BCUT2D eigenvalue weighted by Crippen LogP contribution is 2.21. The lowest BCUT2D eigenvalue weighted by Gasteiger charge is -2.31. The molecule has 0 radical (unpaired) electrons. The Morgan fingerprint density at radius 2 is 0.675 bits per heavy atom. The van der Waals surface area contributed by atoms with Gasteiger partial charge in [0.05, 0.1) is 0 Å². The van der Waals surface area contributed by atoms with Gasteiger partial charge in [0, 0.05) is 38.3 Å². The SMILES string of the molecule is CCCCC(CC)CN(CC(CC)CCCC)C(=O)/C=C/C(=O)N(CC(CC)CCCC)CC(CC)CCCC. The summed E-state index contributed by atoms with van der Waals surface area (Å²) in [5, 5.41) is 0. The summed E-state index contributed by atoms with van der Waals surface area (Å²) in [6.45, 7) is 21.2. The second-order valence-corrected chi connectivity index (χ2v) is 12.5. The van der Waals surface area contributed by atoms with E-state index in [9.17, 15) is 9.59 Å². The quantitative estimate of drug-likeness (QED) is 0.0984. The molecule has 0 rings (SSSR count). The Morgan fingerprint density at radius 3 is 0.850 bits per heavy atom. The van der Waals surface area contributed by atoms with E-state index in [0.29, 0.717) is 23.7 Å². The molecular formula is C36H70N2O2. The van der Waals surface area contributed by atoms with Gasteiger partial charge in [-0.2, -0.15) is 0 Å². The third kappa shape index (κ3) is 17.5. The zero-order chi connectivity index (χ0) is 30.2. The molecular weight excluding hydrogens is 492 g/mol. The van der Waals surface area contributed by atoms with Gasteiger partial charge >= 0.3 is 0 Å². The van der Waals surface area contributed by atoms with Crippen LogP contribution in [-0.2, 0) is 9.59 Å². The average Bonchev–Trinajstić information content (AvgIpc) is 2.97. The average molecular weight is 563 g/mol. The van der Waals surface area contributed by atoms with Crippen molar-refractivity contribution in [2.45, 2.75) is 158 Å². The van der Waals surface area contributed by atoms with Crippen LogP contribution in [0.4, 0.5) is 0 Å². The van der Waals surface area contributed by atoms with E-state index < -0.39 is 0 Å². The van der Waals surface area contributed by atoms with Crippen LogP contribution in [0.5, 0.6) is 0 Å². The molecule has 0 fully saturated rings. The highest BCUT2D eigenvalue weighted by atomic mass is 16.2. The zero-order valence-corrected chi connectivity index (χ0v) is 28.3. The standard InChI is InChI=1S/C36H70N2O2/c1-9-17-21-31(13-5)27-37(28-32(14-6)22-18-10-2)35(39)25-26-36(40)38(29-33(15-7)23-19-11-3)30-34(16-8)24-20-12-4/h25-26,31-34H,9-24,27-30H2,1-8H3/b26-25+. The smallest absolute Gasteiger partial charge is 0.246 e. The highest BCUT2D eigenvalue weighted by Gasteiger charge is 2.23. The van der Waals surface area contributed by atoms with Crippen molar-refractivity contribution in [1.29, 1.82) is 0 Å². The monoisotopic (exact) mass is 563 g/mol. The van der Waals surface area contributed by atoms with E-state index in [0.717, 1.165) is 51.9 Å². The topological polar surface area (TPSA) is 40.6 Å². The lowest BCUT2D eigenvalue weighted by atomic mass is 9.95. The van der Waals surface area contributed by atoms with E-state index in [1.807, 2.05) is 0 Å². The Balaban J connectivity index is 5.81.